The maximum atomic E-state index is 5.56. The van der Waals surface area contributed by atoms with Gasteiger partial charge in [-0.15, -0.1) is 11.3 Å². The minimum Gasteiger partial charge on any atom is -0.339 e. The summed E-state index contributed by atoms with van der Waals surface area (Å²) in [5, 5.41) is 10.7. The molecule has 1 atom stereocenters. The molecule has 1 aliphatic heterocycles. The summed E-state index contributed by atoms with van der Waals surface area (Å²) in [5.41, 5.74) is 1.09. The Kier molecular flexibility index (Phi) is 3.85. The number of aryl methyl sites for hydroxylation is 1. The van der Waals surface area contributed by atoms with Gasteiger partial charge in [0.2, 0.25) is 5.89 Å². The Morgan fingerprint density at radius 2 is 2.35 bits per heavy atom. The third-order valence-corrected chi connectivity index (χ3v) is 4.84. The molecule has 3 heterocycles. The fraction of sp³-hybridized carbons (Fsp3) is 0.643. The van der Waals surface area contributed by atoms with Gasteiger partial charge < -0.3 is 9.84 Å². The maximum Gasteiger partial charge on any atom is 0.234 e. The van der Waals surface area contributed by atoms with Crippen LogP contribution in [0, 0.1) is 6.92 Å². The van der Waals surface area contributed by atoms with E-state index in [0.29, 0.717) is 6.42 Å². The van der Waals surface area contributed by atoms with Gasteiger partial charge in [0.05, 0.1) is 11.8 Å². The normalized spacial score (nSPS) is 22.5. The van der Waals surface area contributed by atoms with Crippen LogP contribution in [0.15, 0.2) is 9.90 Å². The van der Waals surface area contributed by atoms with Crippen molar-refractivity contribution in [3.8, 4) is 0 Å². The van der Waals surface area contributed by atoms with Crippen LogP contribution in [0.4, 0.5) is 0 Å². The highest BCUT2D eigenvalue weighted by Gasteiger charge is 2.40. The van der Waals surface area contributed by atoms with E-state index in [1.54, 1.807) is 11.3 Å². The first-order valence-corrected chi connectivity index (χ1v) is 8.04. The minimum atomic E-state index is 0.0405. The lowest BCUT2D eigenvalue weighted by Crippen LogP contribution is -2.29. The second-order valence-electron chi connectivity index (χ2n) is 5.53. The van der Waals surface area contributed by atoms with Gasteiger partial charge >= 0.3 is 0 Å². The van der Waals surface area contributed by atoms with Gasteiger partial charge in [0.25, 0.3) is 0 Å². The van der Waals surface area contributed by atoms with Crippen LogP contribution in [-0.4, -0.2) is 28.2 Å². The highest BCUT2D eigenvalue weighted by Crippen LogP contribution is 2.34. The molecule has 0 aromatic carbocycles. The van der Waals surface area contributed by atoms with Gasteiger partial charge in [-0.05, 0) is 26.3 Å². The SMILES string of the molecule is CCCC1(c2nc(Cc3nc(C)cs3)no2)CCNC1. The smallest absolute Gasteiger partial charge is 0.234 e. The van der Waals surface area contributed by atoms with Crippen molar-refractivity contribution < 1.29 is 4.52 Å². The average molecular weight is 292 g/mol. The van der Waals surface area contributed by atoms with E-state index in [-0.39, 0.29) is 5.41 Å². The Balaban J connectivity index is 1.78. The van der Waals surface area contributed by atoms with E-state index < -0.39 is 0 Å². The van der Waals surface area contributed by atoms with Crippen LogP contribution >= 0.6 is 11.3 Å². The molecule has 0 aliphatic carbocycles. The number of nitrogens with zero attached hydrogens (tertiary/aromatic N) is 3. The Bertz CT molecular complexity index is 571. The molecule has 0 saturated carbocycles. The van der Waals surface area contributed by atoms with Gasteiger partial charge in [-0.3, -0.25) is 0 Å². The first-order chi connectivity index (χ1) is 9.72. The van der Waals surface area contributed by atoms with Crippen LogP contribution in [0.1, 0.15) is 48.6 Å². The first kappa shape index (κ1) is 13.7. The second kappa shape index (κ2) is 5.61. The highest BCUT2D eigenvalue weighted by atomic mass is 32.1. The molecule has 1 aliphatic rings. The predicted octanol–water partition coefficient (Wildman–Crippen LogP) is 2.46. The van der Waals surface area contributed by atoms with E-state index in [1.165, 1.54) is 0 Å². The minimum absolute atomic E-state index is 0.0405. The Morgan fingerprint density at radius 1 is 1.45 bits per heavy atom. The number of hydrogen-bond donors (Lipinski definition) is 1. The van der Waals surface area contributed by atoms with Crippen molar-refractivity contribution in [1.29, 1.82) is 0 Å². The van der Waals surface area contributed by atoms with Gasteiger partial charge in [0, 0.05) is 17.6 Å². The molecule has 1 N–H and O–H groups in total. The molecule has 0 bridgehead atoms. The Morgan fingerprint density at radius 3 is 3.00 bits per heavy atom. The molecule has 2 aromatic rings. The molecule has 0 spiro atoms. The molecule has 6 heteroatoms. The van der Waals surface area contributed by atoms with Gasteiger partial charge in [0.1, 0.15) is 5.01 Å². The van der Waals surface area contributed by atoms with Crippen molar-refractivity contribution in [2.45, 2.75) is 44.9 Å². The summed E-state index contributed by atoms with van der Waals surface area (Å²) in [4.78, 5) is 9.09. The molecule has 1 unspecified atom stereocenters. The second-order valence-corrected chi connectivity index (χ2v) is 6.47. The van der Waals surface area contributed by atoms with Crippen molar-refractivity contribution in [2.75, 3.05) is 13.1 Å². The number of rotatable bonds is 5. The van der Waals surface area contributed by atoms with Crippen LogP contribution in [0.2, 0.25) is 0 Å². The van der Waals surface area contributed by atoms with E-state index in [2.05, 4.69) is 32.7 Å². The summed E-state index contributed by atoms with van der Waals surface area (Å²) in [5.74, 6) is 1.55. The molecule has 1 saturated heterocycles. The average Bonchev–Trinajstić information content (AvgIpc) is 3.12. The molecule has 20 heavy (non-hydrogen) atoms. The van der Waals surface area contributed by atoms with Crippen LogP contribution < -0.4 is 5.32 Å². The topological polar surface area (TPSA) is 63.8 Å². The number of nitrogens with one attached hydrogen (secondary N) is 1. The van der Waals surface area contributed by atoms with E-state index in [9.17, 15) is 0 Å². The zero-order valence-corrected chi connectivity index (χ0v) is 12.8. The van der Waals surface area contributed by atoms with Crippen LogP contribution in [0.3, 0.4) is 0 Å². The lowest BCUT2D eigenvalue weighted by Gasteiger charge is -2.22. The zero-order valence-electron chi connectivity index (χ0n) is 12.0. The van der Waals surface area contributed by atoms with Gasteiger partial charge in [0.15, 0.2) is 5.82 Å². The van der Waals surface area contributed by atoms with E-state index >= 15 is 0 Å². The Hall–Kier alpha value is -1.27. The molecule has 0 amide bonds. The number of thiazole rings is 1. The van der Waals surface area contributed by atoms with Gasteiger partial charge in [-0.1, -0.05) is 18.5 Å². The van der Waals surface area contributed by atoms with Crippen molar-refractivity contribution in [3.63, 3.8) is 0 Å². The van der Waals surface area contributed by atoms with Crippen molar-refractivity contribution in [3.05, 3.63) is 27.8 Å². The summed E-state index contributed by atoms with van der Waals surface area (Å²) in [6.07, 6.45) is 3.97. The summed E-state index contributed by atoms with van der Waals surface area (Å²) in [6, 6.07) is 0. The van der Waals surface area contributed by atoms with E-state index in [0.717, 1.165) is 54.8 Å². The fourth-order valence-corrected chi connectivity index (χ4v) is 3.65. The Labute approximate surface area is 122 Å². The number of aromatic nitrogens is 3. The molecular formula is C14H20N4OS. The standard InChI is InChI=1S/C14H20N4OS/c1-3-4-14(5-6-15-9-14)13-17-11(18-19-13)7-12-16-10(2)8-20-12/h8,15H,3-7,9H2,1-2H3. The van der Waals surface area contributed by atoms with Gasteiger partial charge in [-0.2, -0.15) is 4.98 Å². The largest absolute Gasteiger partial charge is 0.339 e. The lowest BCUT2D eigenvalue weighted by atomic mass is 9.82. The third kappa shape index (κ3) is 2.62. The highest BCUT2D eigenvalue weighted by molar-refractivity contribution is 7.09. The quantitative estimate of drug-likeness (QED) is 0.917. The molecule has 3 rings (SSSR count). The zero-order chi connectivity index (χ0) is 14.0. The predicted molar refractivity (Wildman–Crippen MR) is 78.0 cm³/mol. The van der Waals surface area contributed by atoms with Crippen molar-refractivity contribution in [2.24, 2.45) is 0 Å². The first-order valence-electron chi connectivity index (χ1n) is 7.17. The molecule has 5 nitrogen and oxygen atoms in total. The fourth-order valence-electron chi connectivity index (χ4n) is 2.89. The maximum absolute atomic E-state index is 5.56. The monoisotopic (exact) mass is 292 g/mol. The van der Waals surface area contributed by atoms with Gasteiger partial charge in [-0.25, -0.2) is 4.98 Å². The number of hydrogen-bond acceptors (Lipinski definition) is 6. The van der Waals surface area contributed by atoms with Crippen LogP contribution in [0.25, 0.3) is 0 Å². The molecule has 2 aromatic heterocycles. The van der Waals surface area contributed by atoms with Crippen LogP contribution in [-0.2, 0) is 11.8 Å². The molecule has 108 valence electrons. The van der Waals surface area contributed by atoms with Crippen molar-refractivity contribution >= 4 is 11.3 Å². The van der Waals surface area contributed by atoms with Crippen molar-refractivity contribution in [1.82, 2.24) is 20.4 Å². The molecular weight excluding hydrogens is 272 g/mol. The van der Waals surface area contributed by atoms with Crippen LogP contribution in [0.5, 0.6) is 0 Å². The summed E-state index contributed by atoms with van der Waals surface area (Å²) in [6.45, 7) is 6.18. The van der Waals surface area contributed by atoms with E-state index in [4.69, 9.17) is 4.52 Å². The molecule has 0 radical (unpaired) electrons. The lowest BCUT2D eigenvalue weighted by molar-refractivity contribution is 0.276. The summed E-state index contributed by atoms with van der Waals surface area (Å²) in [7, 11) is 0. The van der Waals surface area contributed by atoms with E-state index in [1.807, 2.05) is 6.92 Å². The third-order valence-electron chi connectivity index (χ3n) is 3.87. The summed E-state index contributed by atoms with van der Waals surface area (Å²) < 4.78 is 5.56. The summed E-state index contributed by atoms with van der Waals surface area (Å²) >= 11 is 1.65. The molecule has 1 fully saturated rings.